The summed E-state index contributed by atoms with van der Waals surface area (Å²) in [5, 5.41) is 4.44. The lowest BCUT2D eigenvalue weighted by molar-refractivity contribution is 0.0992. The highest BCUT2D eigenvalue weighted by Crippen LogP contribution is 2.48. The Labute approximate surface area is 131 Å². The first kappa shape index (κ1) is 16.1. The smallest absolute Gasteiger partial charge is 0.177 e. The summed E-state index contributed by atoms with van der Waals surface area (Å²) in [6.07, 6.45) is 2.98. The lowest BCUT2D eigenvalue weighted by Gasteiger charge is -2.27. The van der Waals surface area contributed by atoms with Gasteiger partial charge in [-0.1, -0.05) is 6.92 Å². The molecule has 1 heterocycles. The number of nitrogen functional groups attached to an aromatic ring is 1. The molecule has 0 saturated heterocycles. The van der Waals surface area contributed by atoms with Crippen LogP contribution in [0.5, 0.6) is 5.75 Å². The number of carbonyl (C=O) groups is 1. The highest BCUT2D eigenvalue weighted by atomic mass is 32.1. The van der Waals surface area contributed by atoms with Gasteiger partial charge in [0, 0.05) is 12.0 Å². The van der Waals surface area contributed by atoms with Gasteiger partial charge in [0.2, 0.25) is 0 Å². The van der Waals surface area contributed by atoms with Gasteiger partial charge in [-0.3, -0.25) is 4.79 Å². The standard InChI is InChI=1S/C16H26N2O2S/c1-6-11(19)14-12(17)13(20-9(2)3)15(21-14)18-16(4,5)10-7-8-10/h9-10,18H,6-8,17H2,1-5H3. The van der Waals surface area contributed by atoms with Gasteiger partial charge in [0.25, 0.3) is 0 Å². The van der Waals surface area contributed by atoms with E-state index in [1.54, 1.807) is 0 Å². The summed E-state index contributed by atoms with van der Waals surface area (Å²) in [6, 6.07) is 0. The van der Waals surface area contributed by atoms with E-state index in [4.69, 9.17) is 10.5 Å². The fraction of sp³-hybridized carbons (Fsp3) is 0.688. The van der Waals surface area contributed by atoms with Crippen LogP contribution in [0.3, 0.4) is 0 Å². The van der Waals surface area contributed by atoms with E-state index in [0.717, 1.165) is 5.00 Å². The maximum atomic E-state index is 12.0. The molecule has 1 aromatic rings. The second kappa shape index (κ2) is 5.87. The Morgan fingerprint density at radius 3 is 2.57 bits per heavy atom. The van der Waals surface area contributed by atoms with Crippen molar-refractivity contribution in [2.45, 2.75) is 65.5 Å². The lowest BCUT2D eigenvalue weighted by atomic mass is 9.99. The Morgan fingerprint density at radius 1 is 1.48 bits per heavy atom. The lowest BCUT2D eigenvalue weighted by Crippen LogP contribution is -2.33. The maximum Gasteiger partial charge on any atom is 0.177 e. The molecular formula is C16H26N2O2S. The fourth-order valence-electron chi connectivity index (χ4n) is 2.43. The zero-order valence-corrected chi connectivity index (χ0v) is 14.4. The molecule has 0 radical (unpaired) electrons. The Hall–Kier alpha value is -1.23. The summed E-state index contributed by atoms with van der Waals surface area (Å²) < 4.78 is 5.87. The second-order valence-electron chi connectivity index (χ2n) is 6.57. The monoisotopic (exact) mass is 310 g/mol. The molecule has 4 nitrogen and oxygen atoms in total. The highest BCUT2D eigenvalue weighted by molar-refractivity contribution is 7.19. The number of nitrogens with one attached hydrogen (secondary N) is 1. The topological polar surface area (TPSA) is 64.3 Å². The van der Waals surface area contributed by atoms with Crippen molar-refractivity contribution in [1.82, 2.24) is 0 Å². The average molecular weight is 310 g/mol. The quantitative estimate of drug-likeness (QED) is 0.737. The minimum atomic E-state index is -0.00108. The van der Waals surface area contributed by atoms with Crippen molar-refractivity contribution >= 4 is 27.8 Å². The van der Waals surface area contributed by atoms with Crippen molar-refractivity contribution in [3.05, 3.63) is 4.88 Å². The van der Waals surface area contributed by atoms with Crippen LogP contribution in [0, 0.1) is 5.92 Å². The molecule has 1 fully saturated rings. The summed E-state index contributed by atoms with van der Waals surface area (Å²) >= 11 is 1.42. The molecule has 0 spiro atoms. The Kier molecular flexibility index (Phi) is 4.51. The van der Waals surface area contributed by atoms with E-state index in [1.165, 1.54) is 24.2 Å². The predicted octanol–water partition coefficient (Wildman–Crippen LogP) is 4.31. The van der Waals surface area contributed by atoms with Crippen LogP contribution >= 0.6 is 11.3 Å². The van der Waals surface area contributed by atoms with Crippen LogP contribution in [0.2, 0.25) is 0 Å². The van der Waals surface area contributed by atoms with E-state index in [9.17, 15) is 4.79 Å². The van der Waals surface area contributed by atoms with E-state index in [-0.39, 0.29) is 17.4 Å². The minimum absolute atomic E-state index is 0.00108. The summed E-state index contributed by atoms with van der Waals surface area (Å²) in [6.45, 7) is 10.2. The number of hydrogen-bond donors (Lipinski definition) is 2. The van der Waals surface area contributed by atoms with E-state index < -0.39 is 0 Å². The number of ketones is 1. The van der Waals surface area contributed by atoms with Gasteiger partial charge in [-0.15, -0.1) is 11.3 Å². The number of carbonyl (C=O) groups excluding carboxylic acids is 1. The molecule has 0 atom stereocenters. The minimum Gasteiger partial charge on any atom is -0.486 e. The summed E-state index contributed by atoms with van der Waals surface area (Å²) in [4.78, 5) is 12.7. The van der Waals surface area contributed by atoms with Crippen molar-refractivity contribution in [2.24, 2.45) is 5.92 Å². The van der Waals surface area contributed by atoms with Crippen LogP contribution in [-0.2, 0) is 0 Å². The fourth-order valence-corrected chi connectivity index (χ4v) is 3.66. The number of ether oxygens (including phenoxy) is 1. The largest absolute Gasteiger partial charge is 0.486 e. The van der Waals surface area contributed by atoms with Gasteiger partial charge in [-0.25, -0.2) is 0 Å². The number of thiophene rings is 1. The van der Waals surface area contributed by atoms with Crippen molar-refractivity contribution in [2.75, 3.05) is 11.1 Å². The molecular weight excluding hydrogens is 284 g/mol. The molecule has 1 aliphatic carbocycles. The van der Waals surface area contributed by atoms with Gasteiger partial charge < -0.3 is 15.8 Å². The molecule has 1 aromatic heterocycles. The van der Waals surface area contributed by atoms with Crippen molar-refractivity contribution in [3.63, 3.8) is 0 Å². The van der Waals surface area contributed by atoms with Crippen LogP contribution in [0.4, 0.5) is 10.7 Å². The first-order valence-corrected chi connectivity index (χ1v) is 8.48. The average Bonchev–Trinajstić information content (AvgIpc) is 3.20. The van der Waals surface area contributed by atoms with E-state index in [1.807, 2.05) is 20.8 Å². The van der Waals surface area contributed by atoms with Gasteiger partial charge in [0.05, 0.1) is 16.7 Å². The number of nitrogens with two attached hydrogens (primary N) is 1. The third kappa shape index (κ3) is 3.51. The summed E-state index contributed by atoms with van der Waals surface area (Å²) in [5.41, 5.74) is 6.64. The third-order valence-corrected chi connectivity index (χ3v) is 5.00. The molecule has 3 N–H and O–H groups in total. The number of Topliss-reactive ketones (excluding diaryl/α,β-unsaturated/α-hetero) is 1. The zero-order chi connectivity index (χ0) is 15.8. The van der Waals surface area contributed by atoms with Crippen LogP contribution in [-0.4, -0.2) is 17.4 Å². The van der Waals surface area contributed by atoms with Crippen LogP contribution < -0.4 is 15.8 Å². The van der Waals surface area contributed by atoms with Gasteiger partial charge in [0.1, 0.15) is 5.00 Å². The number of anilines is 2. The van der Waals surface area contributed by atoms with Crippen molar-refractivity contribution in [1.29, 1.82) is 0 Å². The number of hydrogen-bond acceptors (Lipinski definition) is 5. The molecule has 2 rings (SSSR count). The molecule has 0 bridgehead atoms. The second-order valence-corrected chi connectivity index (χ2v) is 7.59. The van der Waals surface area contributed by atoms with E-state index in [2.05, 4.69) is 19.2 Å². The number of rotatable bonds is 7. The molecule has 0 aromatic carbocycles. The molecule has 5 heteroatoms. The first-order valence-electron chi connectivity index (χ1n) is 7.66. The van der Waals surface area contributed by atoms with Gasteiger partial charge in [-0.2, -0.15) is 0 Å². The summed E-state index contributed by atoms with van der Waals surface area (Å²) in [5.74, 6) is 1.39. The van der Waals surface area contributed by atoms with Crippen molar-refractivity contribution < 1.29 is 9.53 Å². The van der Waals surface area contributed by atoms with E-state index in [0.29, 0.717) is 28.7 Å². The summed E-state index contributed by atoms with van der Waals surface area (Å²) in [7, 11) is 0. The highest BCUT2D eigenvalue weighted by Gasteiger charge is 2.39. The van der Waals surface area contributed by atoms with Crippen LogP contribution in [0.1, 0.15) is 63.6 Å². The van der Waals surface area contributed by atoms with Gasteiger partial charge in [-0.05, 0) is 46.5 Å². The molecule has 0 unspecified atom stereocenters. The predicted molar refractivity (Wildman–Crippen MR) is 89.5 cm³/mol. The molecule has 0 aliphatic heterocycles. The van der Waals surface area contributed by atoms with Crippen LogP contribution in [0.25, 0.3) is 0 Å². The third-order valence-electron chi connectivity index (χ3n) is 3.86. The van der Waals surface area contributed by atoms with Crippen LogP contribution in [0.15, 0.2) is 0 Å². The normalized spacial score (nSPS) is 15.3. The van der Waals surface area contributed by atoms with Gasteiger partial charge >= 0.3 is 0 Å². The Balaban J connectivity index is 2.35. The molecule has 118 valence electrons. The molecule has 21 heavy (non-hydrogen) atoms. The molecule has 0 amide bonds. The molecule has 1 saturated carbocycles. The Bertz CT molecular complexity index is 531. The van der Waals surface area contributed by atoms with Gasteiger partial charge in [0.15, 0.2) is 11.5 Å². The van der Waals surface area contributed by atoms with E-state index >= 15 is 0 Å². The maximum absolute atomic E-state index is 12.0. The Morgan fingerprint density at radius 2 is 2.10 bits per heavy atom. The van der Waals surface area contributed by atoms with Crippen molar-refractivity contribution in [3.8, 4) is 5.75 Å². The molecule has 1 aliphatic rings. The first-order chi connectivity index (χ1) is 9.76. The SMILES string of the molecule is CCC(=O)c1sc(NC(C)(C)C2CC2)c(OC(C)C)c1N. The zero-order valence-electron chi connectivity index (χ0n) is 13.6.